The summed E-state index contributed by atoms with van der Waals surface area (Å²) >= 11 is 0. The van der Waals surface area contributed by atoms with Crippen LogP contribution in [-0.2, 0) is 18.3 Å². The fraction of sp³-hybridized carbons (Fsp3) is 0.300. The first-order valence-corrected chi connectivity index (χ1v) is 8.96. The van der Waals surface area contributed by atoms with Crippen LogP contribution < -0.4 is 5.32 Å². The third kappa shape index (κ3) is 2.30. The third-order valence-electron chi connectivity index (χ3n) is 5.80. The van der Waals surface area contributed by atoms with E-state index in [1.165, 1.54) is 0 Å². The van der Waals surface area contributed by atoms with Gasteiger partial charge in [-0.15, -0.1) is 0 Å². The Morgan fingerprint density at radius 2 is 2.22 bits per heavy atom. The van der Waals surface area contributed by atoms with Crippen LogP contribution in [0.2, 0.25) is 0 Å². The van der Waals surface area contributed by atoms with Crippen molar-refractivity contribution in [2.45, 2.75) is 12.8 Å². The average molecular weight is 358 g/mol. The van der Waals surface area contributed by atoms with E-state index in [4.69, 9.17) is 5.26 Å². The predicted molar refractivity (Wildman–Crippen MR) is 101 cm³/mol. The van der Waals surface area contributed by atoms with Crippen LogP contribution in [0.15, 0.2) is 36.7 Å². The molecule has 2 aliphatic heterocycles. The number of nitriles is 1. The summed E-state index contributed by atoms with van der Waals surface area (Å²) < 4.78 is 1.84. The van der Waals surface area contributed by atoms with Gasteiger partial charge in [-0.1, -0.05) is 12.1 Å². The van der Waals surface area contributed by atoms with Gasteiger partial charge in [0.15, 0.2) is 6.19 Å². The van der Waals surface area contributed by atoms with Gasteiger partial charge in [0.1, 0.15) is 0 Å². The van der Waals surface area contributed by atoms with Gasteiger partial charge in [0.25, 0.3) is 0 Å². The van der Waals surface area contributed by atoms with Crippen LogP contribution in [0.5, 0.6) is 0 Å². The molecule has 0 radical (unpaired) electrons. The topological polar surface area (TPSA) is 86.8 Å². The molecule has 5 rings (SSSR count). The fourth-order valence-electron chi connectivity index (χ4n) is 4.26. The number of pyridine rings is 1. The van der Waals surface area contributed by atoms with Gasteiger partial charge in [0.2, 0.25) is 5.91 Å². The molecule has 1 spiro atoms. The molecule has 134 valence electrons. The van der Waals surface area contributed by atoms with Crippen molar-refractivity contribution < 1.29 is 4.79 Å². The van der Waals surface area contributed by atoms with Crippen molar-refractivity contribution in [2.24, 2.45) is 12.5 Å². The van der Waals surface area contributed by atoms with E-state index in [1.807, 2.05) is 48.4 Å². The lowest BCUT2D eigenvalue weighted by atomic mass is 9.78. The van der Waals surface area contributed by atoms with E-state index in [2.05, 4.69) is 21.6 Å². The number of nitrogens with zero attached hydrogens (tertiary/aromatic N) is 5. The van der Waals surface area contributed by atoms with Crippen molar-refractivity contribution in [2.75, 3.05) is 18.4 Å². The van der Waals surface area contributed by atoms with Crippen LogP contribution in [0.1, 0.15) is 12.1 Å². The number of benzene rings is 1. The number of carbonyl (C=O) groups excluding carboxylic acids is 1. The highest BCUT2D eigenvalue weighted by Crippen LogP contribution is 2.41. The molecule has 1 aromatic carbocycles. The zero-order valence-electron chi connectivity index (χ0n) is 14.9. The van der Waals surface area contributed by atoms with Crippen molar-refractivity contribution in [3.63, 3.8) is 0 Å². The van der Waals surface area contributed by atoms with E-state index in [-0.39, 0.29) is 5.91 Å². The van der Waals surface area contributed by atoms with Crippen LogP contribution in [0, 0.1) is 16.9 Å². The van der Waals surface area contributed by atoms with Crippen molar-refractivity contribution in [1.82, 2.24) is 19.7 Å². The Morgan fingerprint density at radius 3 is 3.04 bits per heavy atom. The SMILES string of the molecule is Cn1ncc2c(-c3cnc4c(c3)NC(=O)C3(CCN(C#N)C3)C4)cccc21. The molecule has 4 heterocycles. The summed E-state index contributed by atoms with van der Waals surface area (Å²) in [6.07, 6.45) is 7.13. The molecule has 2 aromatic heterocycles. The summed E-state index contributed by atoms with van der Waals surface area (Å²) in [7, 11) is 1.92. The van der Waals surface area contributed by atoms with Crippen molar-refractivity contribution in [3.05, 3.63) is 42.4 Å². The summed E-state index contributed by atoms with van der Waals surface area (Å²) in [5.74, 6) is -0.00807. The number of nitrogens with one attached hydrogen (secondary N) is 1. The number of hydrogen-bond acceptors (Lipinski definition) is 5. The molecule has 3 aromatic rings. The van der Waals surface area contributed by atoms with Gasteiger partial charge in [0.05, 0.1) is 28.5 Å². The zero-order valence-corrected chi connectivity index (χ0v) is 14.9. The molecule has 0 saturated carbocycles. The number of anilines is 1. The van der Waals surface area contributed by atoms with Crippen molar-refractivity contribution in [3.8, 4) is 17.3 Å². The highest BCUT2D eigenvalue weighted by molar-refractivity contribution is 6.00. The van der Waals surface area contributed by atoms with Gasteiger partial charge in [-0.25, -0.2) is 0 Å². The lowest BCUT2D eigenvalue weighted by Crippen LogP contribution is -2.43. The van der Waals surface area contributed by atoms with E-state index in [0.29, 0.717) is 25.9 Å². The molecular weight excluding hydrogens is 340 g/mol. The van der Waals surface area contributed by atoms with Gasteiger partial charge in [-0.3, -0.25) is 14.5 Å². The van der Waals surface area contributed by atoms with Crippen LogP contribution in [0.4, 0.5) is 5.69 Å². The number of rotatable bonds is 1. The first kappa shape index (κ1) is 15.8. The monoisotopic (exact) mass is 358 g/mol. The summed E-state index contributed by atoms with van der Waals surface area (Å²) in [5.41, 5.74) is 4.16. The molecule has 7 nitrogen and oxygen atoms in total. The average Bonchev–Trinajstić information content (AvgIpc) is 3.27. The summed E-state index contributed by atoms with van der Waals surface area (Å²) in [6, 6.07) is 8.07. The Balaban J connectivity index is 1.55. The Labute approximate surface area is 156 Å². The van der Waals surface area contributed by atoms with Crippen LogP contribution >= 0.6 is 0 Å². The van der Waals surface area contributed by atoms with Crippen LogP contribution in [-0.4, -0.2) is 38.7 Å². The molecule has 1 fully saturated rings. The molecule has 0 aliphatic carbocycles. The second-order valence-electron chi connectivity index (χ2n) is 7.41. The highest BCUT2D eigenvalue weighted by Gasteiger charge is 2.47. The second-order valence-corrected chi connectivity index (χ2v) is 7.41. The van der Waals surface area contributed by atoms with Crippen molar-refractivity contribution >= 4 is 22.5 Å². The normalized spacial score (nSPS) is 21.3. The Kier molecular flexibility index (Phi) is 3.25. The molecule has 1 unspecified atom stereocenters. The standard InChI is InChI=1S/C20H18N6O/c1-25-18-4-2-3-14(15(18)10-23-25)13-7-16-17(22-9-13)8-20(19(27)24-16)5-6-26(11-20)12-21/h2-4,7,9-10H,5-6,8,11H2,1H3,(H,24,27). The van der Waals surface area contributed by atoms with E-state index in [1.54, 1.807) is 4.90 Å². The molecule has 0 bridgehead atoms. The number of fused-ring (bicyclic) bond motifs is 2. The molecule has 27 heavy (non-hydrogen) atoms. The van der Waals surface area contributed by atoms with Gasteiger partial charge >= 0.3 is 0 Å². The second kappa shape index (κ2) is 5.55. The van der Waals surface area contributed by atoms with Gasteiger partial charge in [0, 0.05) is 43.7 Å². The minimum Gasteiger partial charge on any atom is -0.324 e. The molecule has 1 N–H and O–H groups in total. The molecular formula is C20H18N6O. The van der Waals surface area contributed by atoms with E-state index in [0.717, 1.165) is 33.4 Å². The van der Waals surface area contributed by atoms with E-state index >= 15 is 0 Å². The maximum Gasteiger partial charge on any atom is 0.232 e. The Hall–Kier alpha value is -3.40. The number of hydrogen-bond donors (Lipinski definition) is 1. The lowest BCUT2D eigenvalue weighted by Gasteiger charge is -2.32. The Bertz CT molecular complexity index is 1130. The zero-order chi connectivity index (χ0) is 18.6. The van der Waals surface area contributed by atoms with Gasteiger partial charge in [-0.2, -0.15) is 10.4 Å². The first-order chi connectivity index (χ1) is 13.1. The number of likely N-dealkylation sites (tertiary alicyclic amines) is 1. The number of carbonyl (C=O) groups is 1. The number of amides is 1. The first-order valence-electron chi connectivity index (χ1n) is 8.96. The molecule has 7 heteroatoms. The molecule has 1 saturated heterocycles. The van der Waals surface area contributed by atoms with Crippen LogP contribution in [0.25, 0.3) is 22.0 Å². The molecule has 2 aliphatic rings. The van der Waals surface area contributed by atoms with Gasteiger partial charge < -0.3 is 10.2 Å². The Morgan fingerprint density at radius 1 is 1.33 bits per heavy atom. The smallest absolute Gasteiger partial charge is 0.232 e. The molecule has 1 atom stereocenters. The maximum atomic E-state index is 12.8. The number of aromatic nitrogens is 3. The van der Waals surface area contributed by atoms with Gasteiger partial charge in [-0.05, 0) is 24.1 Å². The minimum absolute atomic E-state index is 0.00807. The van der Waals surface area contributed by atoms with E-state index in [9.17, 15) is 4.79 Å². The minimum atomic E-state index is -0.541. The summed E-state index contributed by atoms with van der Waals surface area (Å²) in [4.78, 5) is 19.1. The third-order valence-corrected chi connectivity index (χ3v) is 5.80. The predicted octanol–water partition coefficient (Wildman–Crippen LogP) is 2.30. The van der Waals surface area contributed by atoms with Crippen molar-refractivity contribution in [1.29, 1.82) is 5.26 Å². The van der Waals surface area contributed by atoms with E-state index < -0.39 is 5.41 Å². The quantitative estimate of drug-likeness (QED) is 0.675. The summed E-state index contributed by atoms with van der Waals surface area (Å²) in [5, 5.41) is 17.6. The fourth-order valence-corrected chi connectivity index (χ4v) is 4.26. The number of aryl methyl sites for hydroxylation is 1. The highest BCUT2D eigenvalue weighted by atomic mass is 16.2. The van der Waals surface area contributed by atoms with Crippen LogP contribution in [0.3, 0.4) is 0 Å². The molecule has 1 amide bonds. The lowest BCUT2D eigenvalue weighted by molar-refractivity contribution is -0.125. The summed E-state index contributed by atoms with van der Waals surface area (Å²) in [6.45, 7) is 1.09. The largest absolute Gasteiger partial charge is 0.324 e. The maximum absolute atomic E-state index is 12.8.